The summed E-state index contributed by atoms with van der Waals surface area (Å²) in [5, 5.41) is 0. The summed E-state index contributed by atoms with van der Waals surface area (Å²) in [7, 11) is 0. The molecule has 180 valence electrons. The predicted molar refractivity (Wildman–Crippen MR) is 127 cm³/mol. The van der Waals surface area contributed by atoms with Crippen LogP contribution in [0.1, 0.15) is 62.1 Å². The molecule has 2 fully saturated rings. The van der Waals surface area contributed by atoms with Gasteiger partial charge in [0, 0.05) is 25.5 Å². The van der Waals surface area contributed by atoms with Crippen molar-refractivity contribution in [1.29, 1.82) is 0 Å². The van der Waals surface area contributed by atoms with E-state index in [-0.39, 0.29) is 5.65 Å². The lowest BCUT2D eigenvalue weighted by Gasteiger charge is -2.33. The van der Waals surface area contributed by atoms with Crippen molar-refractivity contribution in [2.75, 3.05) is 13.1 Å². The lowest BCUT2D eigenvalue weighted by molar-refractivity contribution is -0.136. The van der Waals surface area contributed by atoms with Crippen molar-refractivity contribution in [2.24, 2.45) is 11.8 Å². The third-order valence-electron chi connectivity index (χ3n) is 7.35. The first-order valence-corrected chi connectivity index (χ1v) is 12.1. The van der Waals surface area contributed by atoms with E-state index in [0.29, 0.717) is 41.0 Å². The van der Waals surface area contributed by atoms with Gasteiger partial charge in [-0.2, -0.15) is 13.2 Å². The van der Waals surface area contributed by atoms with Crippen molar-refractivity contribution in [3.05, 3.63) is 69.8 Å². The van der Waals surface area contributed by atoms with Gasteiger partial charge in [-0.3, -0.25) is 14.1 Å². The van der Waals surface area contributed by atoms with Gasteiger partial charge >= 0.3 is 6.18 Å². The largest absolute Gasteiger partial charge is 0.419 e. The topological polar surface area (TPSA) is 37.6 Å². The monoisotopic (exact) mass is 469 g/mol. The summed E-state index contributed by atoms with van der Waals surface area (Å²) in [6.07, 6.45) is 2.63. The molecule has 3 heterocycles. The van der Waals surface area contributed by atoms with Gasteiger partial charge in [0.1, 0.15) is 0 Å². The van der Waals surface area contributed by atoms with Crippen molar-refractivity contribution in [1.82, 2.24) is 14.3 Å². The highest BCUT2D eigenvalue weighted by Crippen LogP contribution is 2.42. The Hall–Kier alpha value is -2.67. The normalized spacial score (nSPS) is 23.7. The molecule has 0 N–H and O–H groups in total. The number of rotatable bonds is 4. The number of alkyl halides is 3. The smallest absolute Gasteiger partial charge is 0.299 e. The number of halogens is 3. The molecule has 4 nitrogen and oxygen atoms in total. The van der Waals surface area contributed by atoms with Crippen molar-refractivity contribution >= 4 is 5.65 Å². The van der Waals surface area contributed by atoms with E-state index in [2.05, 4.69) is 29.8 Å². The van der Waals surface area contributed by atoms with E-state index in [4.69, 9.17) is 0 Å². The fourth-order valence-electron chi connectivity index (χ4n) is 5.56. The zero-order valence-corrected chi connectivity index (χ0v) is 19.6. The summed E-state index contributed by atoms with van der Waals surface area (Å²) in [5.41, 5.74) is 0.993. The summed E-state index contributed by atoms with van der Waals surface area (Å²) >= 11 is 0. The van der Waals surface area contributed by atoms with Crippen LogP contribution in [-0.2, 0) is 12.7 Å². The van der Waals surface area contributed by atoms with E-state index >= 15 is 0 Å². The van der Waals surface area contributed by atoms with E-state index in [0.717, 1.165) is 49.2 Å². The molecule has 1 saturated heterocycles. The highest BCUT2D eigenvalue weighted by atomic mass is 19.4. The van der Waals surface area contributed by atoms with Crippen LogP contribution in [0, 0.1) is 11.8 Å². The standard InChI is InChI=1S/C27H30F3N3O/c1-17-5-4-8-32(14-17)15-19-11-24(27(28,29)30)25-31-13-23(26(34)33(25)16-19)21-7-3-6-20(12-21)22-9-18(2)10-22/h3,6-7,11-13,16-18,22H,4-5,8-10,14-15H2,1-2H3/t17-,18?,22?/m0/s1. The number of benzene rings is 1. The summed E-state index contributed by atoms with van der Waals surface area (Å²) in [4.78, 5) is 19.8. The average Bonchev–Trinajstić information content (AvgIpc) is 2.76. The van der Waals surface area contributed by atoms with Gasteiger partial charge < -0.3 is 0 Å². The summed E-state index contributed by atoms with van der Waals surface area (Å²) < 4.78 is 42.9. The third kappa shape index (κ3) is 4.50. The van der Waals surface area contributed by atoms with Gasteiger partial charge in [0.15, 0.2) is 5.65 Å². The van der Waals surface area contributed by atoms with E-state index < -0.39 is 17.3 Å². The van der Waals surface area contributed by atoms with Crippen molar-refractivity contribution in [2.45, 2.75) is 58.2 Å². The fourth-order valence-corrected chi connectivity index (χ4v) is 5.56. The van der Waals surface area contributed by atoms with Crippen LogP contribution in [0.5, 0.6) is 0 Å². The Balaban J connectivity index is 1.57. The molecular weight excluding hydrogens is 439 g/mol. The molecule has 0 unspecified atom stereocenters. The zero-order valence-electron chi connectivity index (χ0n) is 19.6. The first kappa shape index (κ1) is 23.1. The number of pyridine rings is 1. The predicted octanol–water partition coefficient (Wildman–Crippen LogP) is 6.13. The van der Waals surface area contributed by atoms with E-state index in [1.165, 1.54) is 11.8 Å². The molecule has 1 aromatic carbocycles. The van der Waals surface area contributed by atoms with Crippen LogP contribution in [-0.4, -0.2) is 27.4 Å². The van der Waals surface area contributed by atoms with E-state index in [9.17, 15) is 18.0 Å². The van der Waals surface area contributed by atoms with Gasteiger partial charge in [0.05, 0.1) is 11.1 Å². The molecule has 7 heteroatoms. The van der Waals surface area contributed by atoms with Crippen molar-refractivity contribution < 1.29 is 13.2 Å². The molecule has 1 atom stereocenters. The molecule has 0 bridgehead atoms. The molecule has 1 aliphatic carbocycles. The molecule has 1 saturated carbocycles. The number of likely N-dealkylation sites (tertiary alicyclic amines) is 1. The van der Waals surface area contributed by atoms with Crippen LogP contribution in [0.4, 0.5) is 13.2 Å². The van der Waals surface area contributed by atoms with Gasteiger partial charge in [0.25, 0.3) is 5.56 Å². The van der Waals surface area contributed by atoms with Gasteiger partial charge in [-0.15, -0.1) is 0 Å². The molecule has 34 heavy (non-hydrogen) atoms. The SMILES string of the molecule is CC1CC(c2cccc(-c3cnc4c(C(F)(F)F)cc(CN5CCC[C@H](C)C5)cn4c3=O)c2)C1. The Morgan fingerprint density at radius 1 is 1.12 bits per heavy atom. The lowest BCUT2D eigenvalue weighted by Crippen LogP contribution is -2.34. The van der Waals surface area contributed by atoms with Crippen LogP contribution in [0.2, 0.25) is 0 Å². The lowest BCUT2D eigenvalue weighted by atomic mass is 9.72. The Labute approximate surface area is 197 Å². The molecule has 0 radical (unpaired) electrons. The molecular formula is C27H30F3N3O. The van der Waals surface area contributed by atoms with Gasteiger partial charge in [-0.1, -0.05) is 38.1 Å². The maximum absolute atomic E-state index is 13.9. The Morgan fingerprint density at radius 3 is 2.62 bits per heavy atom. The van der Waals surface area contributed by atoms with E-state index in [1.54, 1.807) is 6.20 Å². The second kappa shape index (κ2) is 8.84. The molecule has 1 aliphatic heterocycles. The second-order valence-corrected chi connectivity index (χ2v) is 10.3. The molecule has 5 rings (SSSR count). The maximum atomic E-state index is 13.9. The van der Waals surface area contributed by atoms with Crippen LogP contribution >= 0.6 is 0 Å². The first-order valence-electron chi connectivity index (χ1n) is 12.1. The number of piperidine rings is 1. The van der Waals surface area contributed by atoms with Crippen molar-refractivity contribution in [3.63, 3.8) is 0 Å². The number of hydrogen-bond acceptors (Lipinski definition) is 3. The minimum atomic E-state index is -4.60. The summed E-state index contributed by atoms with van der Waals surface area (Å²) in [5.74, 6) is 1.68. The fraction of sp³-hybridized carbons (Fsp3) is 0.481. The minimum Gasteiger partial charge on any atom is -0.299 e. The quantitative estimate of drug-likeness (QED) is 0.462. The van der Waals surface area contributed by atoms with E-state index in [1.807, 2.05) is 18.2 Å². The van der Waals surface area contributed by atoms with Crippen LogP contribution in [0.25, 0.3) is 16.8 Å². The average molecular weight is 470 g/mol. The molecule has 0 amide bonds. The Bertz CT molecular complexity index is 1260. The van der Waals surface area contributed by atoms with Gasteiger partial charge in [0.2, 0.25) is 0 Å². The highest BCUT2D eigenvalue weighted by molar-refractivity contribution is 5.65. The number of hydrogen-bond donors (Lipinski definition) is 0. The summed E-state index contributed by atoms with van der Waals surface area (Å²) in [6.45, 7) is 6.46. The number of nitrogens with zero attached hydrogens (tertiary/aromatic N) is 3. The maximum Gasteiger partial charge on any atom is 0.419 e. The van der Waals surface area contributed by atoms with Gasteiger partial charge in [-0.25, -0.2) is 4.98 Å². The minimum absolute atomic E-state index is 0.323. The Morgan fingerprint density at radius 2 is 1.91 bits per heavy atom. The molecule has 2 aliphatic rings. The number of aromatic nitrogens is 2. The highest BCUT2D eigenvalue weighted by Gasteiger charge is 2.35. The molecule has 0 spiro atoms. The molecule has 3 aromatic rings. The zero-order chi connectivity index (χ0) is 24.0. The third-order valence-corrected chi connectivity index (χ3v) is 7.35. The van der Waals surface area contributed by atoms with Crippen LogP contribution < -0.4 is 5.56 Å². The van der Waals surface area contributed by atoms with Crippen LogP contribution in [0.3, 0.4) is 0 Å². The Kier molecular flexibility index (Phi) is 6.00. The van der Waals surface area contributed by atoms with Crippen molar-refractivity contribution in [3.8, 4) is 11.1 Å². The molecule has 2 aromatic heterocycles. The number of fused-ring (bicyclic) bond motifs is 1. The summed E-state index contributed by atoms with van der Waals surface area (Å²) in [6, 6.07) is 8.95. The van der Waals surface area contributed by atoms with Crippen LogP contribution in [0.15, 0.2) is 47.5 Å². The second-order valence-electron chi connectivity index (χ2n) is 10.3. The first-order chi connectivity index (χ1) is 16.2. The van der Waals surface area contributed by atoms with Gasteiger partial charge in [-0.05, 0) is 72.7 Å².